The fourth-order valence-corrected chi connectivity index (χ4v) is 3.87. The molecular weight excluding hydrogens is 370 g/mol. The second-order valence-corrected chi connectivity index (χ2v) is 7.76. The van der Waals surface area contributed by atoms with Crippen LogP contribution in [0.5, 0.6) is 0 Å². The number of carbonyl (C=O) groups excluding carboxylic acids is 2. The van der Waals surface area contributed by atoms with Gasteiger partial charge in [-0.1, -0.05) is 19.9 Å². The molecule has 9 heteroatoms. The molecule has 150 valence electrons. The van der Waals surface area contributed by atoms with Gasteiger partial charge in [0.1, 0.15) is 0 Å². The molecule has 0 aliphatic heterocycles. The van der Waals surface area contributed by atoms with Crippen molar-refractivity contribution in [1.29, 1.82) is 0 Å². The molecular formula is C18H27N3O5S. The van der Waals surface area contributed by atoms with E-state index in [1.54, 1.807) is 45.8 Å². The van der Waals surface area contributed by atoms with Crippen LogP contribution in [0.15, 0.2) is 35.2 Å². The van der Waals surface area contributed by atoms with Crippen LogP contribution in [0.1, 0.15) is 20.8 Å². The van der Waals surface area contributed by atoms with Gasteiger partial charge in [0.15, 0.2) is 6.61 Å². The van der Waals surface area contributed by atoms with E-state index in [2.05, 4.69) is 5.32 Å². The zero-order valence-electron chi connectivity index (χ0n) is 16.4. The molecule has 0 saturated carbocycles. The van der Waals surface area contributed by atoms with Crippen LogP contribution in [0.25, 0.3) is 0 Å². The first-order chi connectivity index (χ1) is 12.7. The predicted octanol–water partition coefficient (Wildman–Crippen LogP) is 1.84. The third-order valence-corrected chi connectivity index (χ3v) is 5.76. The number of hydrogen-bond donors (Lipinski definition) is 1. The molecule has 1 N–H and O–H groups in total. The minimum atomic E-state index is -3.67. The summed E-state index contributed by atoms with van der Waals surface area (Å²) in [7, 11) is -0.119. The summed E-state index contributed by atoms with van der Waals surface area (Å²) < 4.78 is 31.6. The Bertz CT molecular complexity index is 799. The lowest BCUT2D eigenvalue weighted by Gasteiger charge is -2.22. The summed E-state index contributed by atoms with van der Waals surface area (Å²) in [4.78, 5) is 25.3. The molecule has 0 bridgehead atoms. The molecule has 0 aliphatic carbocycles. The van der Waals surface area contributed by atoms with Crippen LogP contribution in [0.3, 0.4) is 0 Å². The molecule has 0 saturated heterocycles. The first-order valence-corrected chi connectivity index (χ1v) is 10.0. The monoisotopic (exact) mass is 397 g/mol. The fourth-order valence-electron chi connectivity index (χ4n) is 2.39. The molecule has 1 rings (SSSR count). The van der Waals surface area contributed by atoms with Gasteiger partial charge in [-0.25, -0.2) is 13.2 Å². The van der Waals surface area contributed by atoms with E-state index in [0.717, 1.165) is 0 Å². The number of esters is 1. The maximum atomic E-state index is 12.7. The highest BCUT2D eigenvalue weighted by atomic mass is 32.2. The number of hydrogen-bond acceptors (Lipinski definition) is 6. The number of nitrogens with one attached hydrogen (secondary N) is 1. The van der Waals surface area contributed by atoms with Gasteiger partial charge in [-0.15, -0.1) is 0 Å². The van der Waals surface area contributed by atoms with E-state index in [1.165, 1.54) is 28.6 Å². The molecule has 8 nitrogen and oxygen atoms in total. The van der Waals surface area contributed by atoms with Crippen molar-refractivity contribution >= 4 is 33.3 Å². The van der Waals surface area contributed by atoms with Gasteiger partial charge in [0.2, 0.25) is 10.0 Å². The number of ether oxygens (including phenoxy) is 1. The van der Waals surface area contributed by atoms with Gasteiger partial charge in [-0.2, -0.15) is 4.31 Å². The Morgan fingerprint density at radius 3 is 2.33 bits per heavy atom. The van der Waals surface area contributed by atoms with Gasteiger partial charge in [0, 0.05) is 33.3 Å². The molecule has 0 spiro atoms. The van der Waals surface area contributed by atoms with Crippen LogP contribution in [-0.2, 0) is 24.3 Å². The van der Waals surface area contributed by atoms with E-state index in [0.29, 0.717) is 24.5 Å². The summed E-state index contributed by atoms with van der Waals surface area (Å²) in [6, 6.07) is 4.54. The molecule has 0 heterocycles. The molecule has 0 fully saturated rings. The van der Waals surface area contributed by atoms with Crippen molar-refractivity contribution < 1.29 is 22.7 Å². The zero-order chi connectivity index (χ0) is 20.6. The topological polar surface area (TPSA) is 96.0 Å². The molecule has 0 atom stereocenters. The third-order valence-electron chi connectivity index (χ3n) is 3.72. The van der Waals surface area contributed by atoms with Crippen molar-refractivity contribution in [2.45, 2.75) is 25.7 Å². The van der Waals surface area contributed by atoms with Crippen LogP contribution in [0, 0.1) is 0 Å². The van der Waals surface area contributed by atoms with Crippen molar-refractivity contribution in [3.05, 3.63) is 30.4 Å². The van der Waals surface area contributed by atoms with E-state index in [-0.39, 0.29) is 4.90 Å². The number of amides is 1. The van der Waals surface area contributed by atoms with Crippen molar-refractivity contribution in [2.75, 3.05) is 44.0 Å². The Morgan fingerprint density at radius 1 is 1.19 bits per heavy atom. The van der Waals surface area contributed by atoms with Gasteiger partial charge in [0.05, 0.1) is 16.3 Å². The van der Waals surface area contributed by atoms with Gasteiger partial charge >= 0.3 is 5.97 Å². The maximum Gasteiger partial charge on any atom is 0.330 e. The van der Waals surface area contributed by atoms with Crippen LogP contribution in [-0.4, -0.2) is 58.4 Å². The standard InChI is InChI=1S/C18H27N3O5S/c1-6-9-18(23)26-13-17(22)19-15-12-14(10-11-16(15)20(4)5)27(24,25)21(7-2)8-3/h6,9-12H,7-8,13H2,1-5H3,(H,19,22)/b9-6+. The minimum absolute atomic E-state index is 0.0815. The lowest BCUT2D eigenvalue weighted by Crippen LogP contribution is -2.31. The molecule has 1 amide bonds. The number of allylic oxidation sites excluding steroid dienone is 1. The Kier molecular flexibility index (Phi) is 8.45. The number of sulfonamides is 1. The highest BCUT2D eigenvalue weighted by Crippen LogP contribution is 2.29. The molecule has 1 aromatic rings. The van der Waals surface area contributed by atoms with Crippen molar-refractivity contribution in [3.8, 4) is 0 Å². The second-order valence-electron chi connectivity index (χ2n) is 5.82. The van der Waals surface area contributed by atoms with Gasteiger partial charge in [0.25, 0.3) is 5.91 Å². The van der Waals surface area contributed by atoms with Crippen LogP contribution >= 0.6 is 0 Å². The summed E-state index contributed by atoms with van der Waals surface area (Å²) in [5.74, 6) is -1.19. The highest BCUT2D eigenvalue weighted by Gasteiger charge is 2.23. The Balaban J connectivity index is 3.13. The zero-order valence-corrected chi connectivity index (χ0v) is 17.2. The lowest BCUT2D eigenvalue weighted by atomic mass is 10.2. The first-order valence-electron chi connectivity index (χ1n) is 8.58. The summed E-state index contributed by atoms with van der Waals surface area (Å²) >= 11 is 0. The van der Waals surface area contributed by atoms with Crippen LogP contribution in [0.4, 0.5) is 11.4 Å². The summed E-state index contributed by atoms with van der Waals surface area (Å²) in [6.07, 6.45) is 2.71. The third kappa shape index (κ3) is 6.07. The number of benzene rings is 1. The van der Waals surface area contributed by atoms with Gasteiger partial charge in [-0.05, 0) is 25.1 Å². The quantitative estimate of drug-likeness (QED) is 0.505. The number of anilines is 2. The molecule has 0 unspecified atom stereocenters. The largest absolute Gasteiger partial charge is 0.452 e. The fraction of sp³-hybridized carbons (Fsp3) is 0.444. The summed E-state index contributed by atoms with van der Waals surface area (Å²) in [5.41, 5.74) is 0.946. The van der Waals surface area contributed by atoms with Crippen molar-refractivity contribution in [3.63, 3.8) is 0 Å². The van der Waals surface area contributed by atoms with E-state index in [4.69, 9.17) is 4.74 Å². The van der Waals surface area contributed by atoms with Gasteiger partial charge < -0.3 is 15.0 Å². The van der Waals surface area contributed by atoms with Gasteiger partial charge in [-0.3, -0.25) is 4.79 Å². The molecule has 27 heavy (non-hydrogen) atoms. The molecule has 1 aromatic carbocycles. The average Bonchev–Trinajstić information content (AvgIpc) is 2.60. The van der Waals surface area contributed by atoms with Crippen molar-refractivity contribution in [1.82, 2.24) is 4.31 Å². The molecule has 0 radical (unpaired) electrons. The summed E-state index contributed by atoms with van der Waals surface area (Å²) in [5, 5.41) is 2.61. The van der Waals surface area contributed by atoms with E-state index < -0.39 is 28.5 Å². The number of carbonyl (C=O) groups is 2. The Morgan fingerprint density at radius 2 is 1.81 bits per heavy atom. The average molecular weight is 397 g/mol. The Hall–Kier alpha value is -2.39. The second kappa shape index (κ2) is 10.1. The predicted molar refractivity (Wildman–Crippen MR) is 105 cm³/mol. The number of rotatable bonds is 9. The lowest BCUT2D eigenvalue weighted by molar-refractivity contribution is -0.142. The first kappa shape index (κ1) is 22.7. The maximum absolute atomic E-state index is 12.7. The number of nitrogens with zero attached hydrogens (tertiary/aromatic N) is 2. The van der Waals surface area contributed by atoms with Crippen LogP contribution in [0.2, 0.25) is 0 Å². The minimum Gasteiger partial charge on any atom is -0.452 e. The summed E-state index contributed by atoms with van der Waals surface area (Å²) in [6.45, 7) is 5.40. The Labute approximate surface area is 160 Å². The van der Waals surface area contributed by atoms with E-state index >= 15 is 0 Å². The molecule has 0 aliphatic rings. The van der Waals surface area contributed by atoms with Crippen LogP contribution < -0.4 is 10.2 Å². The highest BCUT2D eigenvalue weighted by molar-refractivity contribution is 7.89. The van der Waals surface area contributed by atoms with E-state index in [9.17, 15) is 18.0 Å². The SMILES string of the molecule is C/C=C/C(=O)OCC(=O)Nc1cc(S(=O)(=O)N(CC)CC)ccc1N(C)C. The van der Waals surface area contributed by atoms with E-state index in [1.807, 2.05) is 0 Å². The molecule has 0 aromatic heterocycles. The smallest absolute Gasteiger partial charge is 0.330 e. The normalized spacial score (nSPS) is 11.6. The van der Waals surface area contributed by atoms with Crippen molar-refractivity contribution in [2.24, 2.45) is 0 Å².